The average Bonchev–Trinajstić information content (AvgIpc) is 1.83. The van der Waals surface area contributed by atoms with Gasteiger partial charge in [-0.3, -0.25) is 0 Å². The normalized spacial score (nSPS) is 21.8. The molecule has 0 aromatic heterocycles. The third-order valence-corrected chi connectivity index (χ3v) is 2.67. The van der Waals surface area contributed by atoms with Crippen LogP contribution in [-0.4, -0.2) is 13.1 Å². The Morgan fingerprint density at radius 2 is 2.09 bits per heavy atom. The molecular formula is C10H23N. The first-order chi connectivity index (χ1) is 5.12. The minimum Gasteiger partial charge on any atom is -0.316 e. The second kappa shape index (κ2) is 3.57. The molecule has 0 bridgehead atoms. The minimum atomic E-state index is 0. The van der Waals surface area contributed by atoms with Gasteiger partial charge in [-0.25, -0.2) is 0 Å². The molecule has 0 unspecified atom stereocenters. The van der Waals surface area contributed by atoms with Crippen LogP contribution in [0.4, 0.5) is 0 Å². The smallest absolute Gasteiger partial charge is 0.000527 e. The summed E-state index contributed by atoms with van der Waals surface area (Å²) in [6, 6.07) is 0. The molecule has 0 radical (unpaired) electrons. The zero-order valence-electron chi connectivity index (χ0n) is 8.11. The molecule has 1 N–H and O–H groups in total. The Kier molecular flexibility index (Phi) is 2.94. The Balaban J connectivity index is 0.00000121. The predicted molar refractivity (Wildman–Crippen MR) is 51.8 cm³/mol. The summed E-state index contributed by atoms with van der Waals surface area (Å²) < 4.78 is 0. The van der Waals surface area contributed by atoms with Gasteiger partial charge in [0.25, 0.3) is 0 Å². The van der Waals surface area contributed by atoms with Crippen molar-refractivity contribution in [3.8, 4) is 0 Å². The quantitative estimate of drug-likeness (QED) is 0.661. The van der Waals surface area contributed by atoms with Crippen molar-refractivity contribution in [2.45, 2.75) is 40.0 Å². The summed E-state index contributed by atoms with van der Waals surface area (Å²) in [5.74, 6) is 0.790. The summed E-state index contributed by atoms with van der Waals surface area (Å²) in [5.41, 5.74) is 0.648. The average molecular weight is 157 g/mol. The summed E-state index contributed by atoms with van der Waals surface area (Å²) >= 11 is 0. The largest absolute Gasteiger partial charge is 0.316 e. The monoisotopic (exact) mass is 157 g/mol. The Morgan fingerprint density at radius 3 is 2.45 bits per heavy atom. The van der Waals surface area contributed by atoms with Crippen molar-refractivity contribution in [1.29, 1.82) is 0 Å². The minimum absolute atomic E-state index is 0. The number of hydrogen-bond acceptors (Lipinski definition) is 1. The molecular weight excluding hydrogens is 134 g/mol. The highest BCUT2D eigenvalue weighted by molar-refractivity contribution is 4.85. The van der Waals surface area contributed by atoms with Crippen LogP contribution in [0.15, 0.2) is 0 Å². The Bertz CT molecular complexity index is 119. The van der Waals surface area contributed by atoms with Crippen LogP contribution in [0.5, 0.6) is 0 Å². The molecule has 0 atom stereocenters. The highest BCUT2D eigenvalue weighted by Gasteiger charge is 2.30. The van der Waals surface area contributed by atoms with Crippen molar-refractivity contribution in [3.05, 3.63) is 0 Å². The fraction of sp³-hybridized carbons (Fsp3) is 1.00. The fourth-order valence-electron chi connectivity index (χ4n) is 1.62. The molecule has 0 heterocycles. The number of nitrogens with one attached hydrogen (secondary N) is 1. The number of hydrogen-bond donors (Lipinski definition) is 1. The van der Waals surface area contributed by atoms with Crippen LogP contribution in [0.25, 0.3) is 0 Å². The molecule has 1 nitrogen and oxygen atoms in total. The summed E-state index contributed by atoms with van der Waals surface area (Å²) in [7, 11) is 0. The molecule has 1 heteroatoms. The van der Waals surface area contributed by atoms with Gasteiger partial charge in [0.15, 0.2) is 0 Å². The van der Waals surface area contributed by atoms with E-state index in [0.29, 0.717) is 5.41 Å². The summed E-state index contributed by atoms with van der Waals surface area (Å²) in [4.78, 5) is 0. The molecule has 11 heavy (non-hydrogen) atoms. The van der Waals surface area contributed by atoms with E-state index in [0.717, 1.165) is 5.92 Å². The van der Waals surface area contributed by atoms with Crippen LogP contribution in [0.2, 0.25) is 0 Å². The van der Waals surface area contributed by atoms with E-state index >= 15 is 0 Å². The second-order valence-corrected chi connectivity index (χ2v) is 4.69. The summed E-state index contributed by atoms with van der Waals surface area (Å²) in [6.07, 6.45) is 4.30. The lowest BCUT2D eigenvalue weighted by molar-refractivity contribution is 0.155. The van der Waals surface area contributed by atoms with Gasteiger partial charge in [-0.2, -0.15) is 0 Å². The first-order valence-electron chi connectivity index (χ1n) is 4.83. The highest BCUT2D eigenvalue weighted by atomic mass is 14.9. The van der Waals surface area contributed by atoms with Gasteiger partial charge in [-0.1, -0.05) is 27.2 Å². The molecule has 0 aliphatic heterocycles. The molecule has 1 rings (SSSR count). The van der Waals surface area contributed by atoms with Crippen LogP contribution < -0.4 is 5.32 Å². The number of rotatable bonds is 4. The van der Waals surface area contributed by atoms with Gasteiger partial charge in [0.1, 0.15) is 0 Å². The van der Waals surface area contributed by atoms with Crippen molar-refractivity contribution in [2.75, 3.05) is 13.1 Å². The molecule has 1 aliphatic carbocycles. The third kappa shape index (κ3) is 2.82. The Morgan fingerprint density at radius 1 is 1.45 bits per heavy atom. The lowest BCUT2D eigenvalue weighted by atomic mass is 9.70. The maximum atomic E-state index is 3.53. The fourth-order valence-corrected chi connectivity index (χ4v) is 1.62. The van der Waals surface area contributed by atoms with E-state index in [1.54, 1.807) is 0 Å². The van der Waals surface area contributed by atoms with Crippen molar-refractivity contribution in [2.24, 2.45) is 11.3 Å². The lowest BCUT2D eigenvalue weighted by Crippen LogP contribution is -2.38. The van der Waals surface area contributed by atoms with Crippen LogP contribution in [0.1, 0.15) is 41.5 Å². The molecule has 68 valence electrons. The summed E-state index contributed by atoms with van der Waals surface area (Å²) in [6.45, 7) is 9.32. The van der Waals surface area contributed by atoms with Gasteiger partial charge in [0.2, 0.25) is 0 Å². The van der Waals surface area contributed by atoms with Crippen molar-refractivity contribution >= 4 is 0 Å². The van der Waals surface area contributed by atoms with Gasteiger partial charge in [-0.05, 0) is 30.7 Å². The van der Waals surface area contributed by atoms with E-state index in [4.69, 9.17) is 0 Å². The topological polar surface area (TPSA) is 12.0 Å². The van der Waals surface area contributed by atoms with Crippen molar-refractivity contribution in [3.63, 3.8) is 0 Å². The molecule has 1 saturated carbocycles. The maximum Gasteiger partial charge on any atom is 0.000527 e. The molecule has 0 saturated heterocycles. The first-order valence-corrected chi connectivity index (χ1v) is 4.83. The molecule has 0 amide bonds. The van der Waals surface area contributed by atoms with Gasteiger partial charge in [0.05, 0.1) is 0 Å². The van der Waals surface area contributed by atoms with E-state index in [-0.39, 0.29) is 1.43 Å². The highest BCUT2D eigenvalue weighted by Crippen LogP contribution is 2.39. The van der Waals surface area contributed by atoms with E-state index in [1.807, 2.05) is 0 Å². The second-order valence-electron chi connectivity index (χ2n) is 4.69. The van der Waals surface area contributed by atoms with Gasteiger partial charge >= 0.3 is 0 Å². The Labute approximate surface area is 72.1 Å². The predicted octanol–water partition coefficient (Wildman–Crippen LogP) is 2.67. The van der Waals surface area contributed by atoms with E-state index in [2.05, 4.69) is 26.1 Å². The van der Waals surface area contributed by atoms with Crippen LogP contribution in [-0.2, 0) is 0 Å². The molecule has 0 spiro atoms. The molecule has 1 fully saturated rings. The van der Waals surface area contributed by atoms with Crippen molar-refractivity contribution in [1.82, 2.24) is 5.32 Å². The van der Waals surface area contributed by atoms with E-state index in [9.17, 15) is 0 Å². The molecule has 0 aromatic rings. The Hall–Kier alpha value is -0.0400. The van der Waals surface area contributed by atoms with E-state index in [1.165, 1.54) is 32.4 Å². The van der Waals surface area contributed by atoms with Crippen LogP contribution in [0, 0.1) is 11.3 Å². The molecule has 1 aliphatic rings. The van der Waals surface area contributed by atoms with Gasteiger partial charge in [-0.15, -0.1) is 0 Å². The zero-order valence-corrected chi connectivity index (χ0v) is 8.11. The maximum absolute atomic E-state index is 3.53. The van der Waals surface area contributed by atoms with Gasteiger partial charge < -0.3 is 5.32 Å². The zero-order chi connectivity index (χ0) is 8.32. The van der Waals surface area contributed by atoms with Crippen LogP contribution in [0.3, 0.4) is 0 Å². The third-order valence-electron chi connectivity index (χ3n) is 2.67. The SMILES string of the molecule is CC(C)CNCC1(C)CCC1.[HH]. The molecule has 0 aromatic carbocycles. The summed E-state index contributed by atoms with van der Waals surface area (Å²) in [5, 5.41) is 3.53. The van der Waals surface area contributed by atoms with Gasteiger partial charge in [0, 0.05) is 7.97 Å². The van der Waals surface area contributed by atoms with Crippen LogP contribution >= 0.6 is 0 Å². The lowest BCUT2D eigenvalue weighted by Gasteiger charge is -2.38. The first kappa shape index (κ1) is 9.05. The van der Waals surface area contributed by atoms with E-state index < -0.39 is 0 Å². The standard InChI is InChI=1S/C10H21N.H2/c1-9(2)7-11-8-10(3)5-4-6-10;/h9,11H,4-8H2,1-3H3;1H. The van der Waals surface area contributed by atoms with Crippen molar-refractivity contribution < 1.29 is 1.43 Å².